The normalized spacial score (nSPS) is 11.8. The van der Waals surface area contributed by atoms with Crippen LogP contribution in [0.1, 0.15) is 25.0 Å². The summed E-state index contributed by atoms with van der Waals surface area (Å²) in [6, 6.07) is 12.6. The molecule has 0 unspecified atom stereocenters. The highest BCUT2D eigenvalue weighted by Crippen LogP contribution is 2.51. The molecule has 0 fully saturated rings. The second-order valence-corrected chi connectivity index (χ2v) is 8.18. The minimum absolute atomic E-state index is 0.184. The van der Waals surface area contributed by atoms with E-state index in [2.05, 4.69) is 4.98 Å². The second-order valence-electron chi connectivity index (χ2n) is 6.13. The predicted octanol–water partition coefficient (Wildman–Crippen LogP) is 4.93. The first kappa shape index (κ1) is 19.5. The van der Waals surface area contributed by atoms with Gasteiger partial charge in [-0.1, -0.05) is 23.8 Å². The van der Waals surface area contributed by atoms with Crippen molar-refractivity contribution in [2.45, 2.75) is 26.9 Å². The summed E-state index contributed by atoms with van der Waals surface area (Å²) < 4.78 is 28.7. The van der Waals surface area contributed by atoms with Gasteiger partial charge in [-0.15, -0.1) is 0 Å². The quantitative estimate of drug-likeness (QED) is 0.535. The van der Waals surface area contributed by atoms with E-state index < -0.39 is 13.2 Å². The number of aryl methyl sites for hydroxylation is 1. The number of benzene rings is 2. The van der Waals surface area contributed by atoms with Gasteiger partial charge in [-0.25, -0.2) is 9.78 Å². The molecule has 0 aliphatic heterocycles. The van der Waals surface area contributed by atoms with E-state index >= 15 is 0 Å². The van der Waals surface area contributed by atoms with Crippen molar-refractivity contribution in [2.75, 3.05) is 13.2 Å². The zero-order valence-corrected chi connectivity index (χ0v) is 16.5. The number of hydrogen-bond acceptors (Lipinski definition) is 6. The Morgan fingerprint density at radius 1 is 1.04 bits per heavy atom. The lowest BCUT2D eigenvalue weighted by molar-refractivity contribution is 0.219. The van der Waals surface area contributed by atoms with Gasteiger partial charge < -0.3 is 13.5 Å². The van der Waals surface area contributed by atoms with Gasteiger partial charge in [-0.3, -0.25) is 4.57 Å². The molecule has 3 aromatic rings. The minimum atomic E-state index is -3.16. The number of hydrogen-bond donors (Lipinski definition) is 0. The predicted molar refractivity (Wildman–Crippen MR) is 105 cm³/mol. The Balaban J connectivity index is 1.89. The van der Waals surface area contributed by atoms with Gasteiger partial charge in [0, 0.05) is 5.56 Å². The van der Waals surface area contributed by atoms with Crippen LogP contribution in [0.4, 0.5) is 0 Å². The van der Waals surface area contributed by atoms with Crippen LogP contribution in [0.15, 0.2) is 51.7 Å². The van der Waals surface area contributed by atoms with Crippen molar-refractivity contribution in [3.8, 4) is 11.5 Å². The SMILES string of the molecule is CCOP(=O)(Cc1ccc(-c2nc3ccc(C)cc3c(=O)o2)cc1)OCC. The highest BCUT2D eigenvalue weighted by molar-refractivity contribution is 7.53. The maximum Gasteiger partial charge on any atom is 0.347 e. The van der Waals surface area contributed by atoms with Gasteiger partial charge in [0.15, 0.2) is 0 Å². The lowest BCUT2D eigenvalue weighted by atomic mass is 10.1. The van der Waals surface area contributed by atoms with Gasteiger partial charge >= 0.3 is 13.2 Å². The van der Waals surface area contributed by atoms with Crippen LogP contribution in [-0.2, 0) is 19.8 Å². The third-order valence-electron chi connectivity index (χ3n) is 4.01. The zero-order chi connectivity index (χ0) is 19.4. The molecule has 0 radical (unpaired) electrons. The highest BCUT2D eigenvalue weighted by Gasteiger charge is 2.24. The molecule has 0 saturated carbocycles. The second kappa shape index (κ2) is 8.17. The molecular weight excluding hydrogens is 365 g/mol. The molecule has 0 saturated heterocycles. The van der Waals surface area contributed by atoms with Crippen molar-refractivity contribution < 1.29 is 18.0 Å². The van der Waals surface area contributed by atoms with Crippen molar-refractivity contribution in [1.29, 1.82) is 0 Å². The van der Waals surface area contributed by atoms with E-state index in [9.17, 15) is 9.36 Å². The summed E-state index contributed by atoms with van der Waals surface area (Å²) in [6.07, 6.45) is 0.184. The lowest BCUT2D eigenvalue weighted by Gasteiger charge is -2.17. The van der Waals surface area contributed by atoms with Gasteiger partial charge in [-0.05, 0) is 50.6 Å². The summed E-state index contributed by atoms with van der Waals surface area (Å²) in [5, 5.41) is 0.463. The molecule has 0 bridgehead atoms. The van der Waals surface area contributed by atoms with Crippen molar-refractivity contribution in [3.05, 3.63) is 64.0 Å². The molecule has 142 valence electrons. The van der Waals surface area contributed by atoms with Crippen LogP contribution in [0.2, 0.25) is 0 Å². The molecule has 1 aromatic heterocycles. The van der Waals surface area contributed by atoms with E-state index in [1.165, 1.54) is 0 Å². The summed E-state index contributed by atoms with van der Waals surface area (Å²) in [6.45, 7) is 6.12. The van der Waals surface area contributed by atoms with Crippen LogP contribution in [0.3, 0.4) is 0 Å². The van der Waals surface area contributed by atoms with Crippen LogP contribution in [0, 0.1) is 6.92 Å². The molecule has 6 nitrogen and oxygen atoms in total. The van der Waals surface area contributed by atoms with Crippen LogP contribution in [0.25, 0.3) is 22.4 Å². The number of rotatable bonds is 7. The van der Waals surface area contributed by atoms with Crippen LogP contribution < -0.4 is 5.63 Å². The minimum Gasteiger partial charge on any atom is -0.403 e. The summed E-state index contributed by atoms with van der Waals surface area (Å²) in [7, 11) is -3.16. The van der Waals surface area contributed by atoms with Gasteiger partial charge in [0.25, 0.3) is 0 Å². The molecule has 7 heteroatoms. The Labute approximate surface area is 157 Å². The van der Waals surface area contributed by atoms with Crippen molar-refractivity contribution in [3.63, 3.8) is 0 Å². The molecule has 1 heterocycles. The summed E-state index contributed by atoms with van der Waals surface area (Å²) in [4.78, 5) is 16.7. The summed E-state index contributed by atoms with van der Waals surface area (Å²) >= 11 is 0. The molecule has 2 aromatic carbocycles. The molecule has 0 amide bonds. The van der Waals surface area contributed by atoms with Crippen LogP contribution in [-0.4, -0.2) is 18.2 Å². The molecular formula is C20H22NO5P. The maximum absolute atomic E-state index is 12.6. The van der Waals surface area contributed by atoms with Crippen molar-refractivity contribution in [2.24, 2.45) is 0 Å². The average molecular weight is 387 g/mol. The van der Waals surface area contributed by atoms with E-state index in [1.54, 1.807) is 50.2 Å². The van der Waals surface area contributed by atoms with Crippen molar-refractivity contribution >= 4 is 18.5 Å². The number of nitrogens with zero attached hydrogens (tertiary/aromatic N) is 1. The standard InChI is InChI=1S/C20H22NO5P/c1-4-24-27(23,25-5-2)13-15-7-9-16(10-8-15)19-21-18-11-6-14(3)12-17(18)20(22)26-19/h6-12H,4-5,13H2,1-3H3. The fourth-order valence-electron chi connectivity index (χ4n) is 2.81. The zero-order valence-electron chi connectivity index (χ0n) is 15.6. The fraction of sp³-hybridized carbons (Fsp3) is 0.300. The average Bonchev–Trinajstić information content (AvgIpc) is 2.63. The van der Waals surface area contributed by atoms with Crippen molar-refractivity contribution in [1.82, 2.24) is 4.98 Å². The third kappa shape index (κ3) is 4.53. The van der Waals surface area contributed by atoms with Crippen LogP contribution in [0.5, 0.6) is 0 Å². The Kier molecular flexibility index (Phi) is 5.90. The van der Waals surface area contributed by atoms with E-state index in [4.69, 9.17) is 13.5 Å². The van der Waals surface area contributed by atoms with E-state index in [0.29, 0.717) is 29.7 Å². The number of aromatic nitrogens is 1. The Hall–Kier alpha value is -2.27. The molecule has 27 heavy (non-hydrogen) atoms. The van der Waals surface area contributed by atoms with Gasteiger partial charge in [-0.2, -0.15) is 0 Å². The Morgan fingerprint density at radius 2 is 1.70 bits per heavy atom. The van der Waals surface area contributed by atoms with E-state index in [-0.39, 0.29) is 12.1 Å². The third-order valence-corrected chi connectivity index (χ3v) is 6.07. The Morgan fingerprint density at radius 3 is 2.33 bits per heavy atom. The molecule has 0 aliphatic carbocycles. The van der Waals surface area contributed by atoms with E-state index in [1.807, 2.05) is 13.0 Å². The molecule has 0 spiro atoms. The highest BCUT2D eigenvalue weighted by atomic mass is 31.2. The van der Waals surface area contributed by atoms with Gasteiger partial charge in [0.1, 0.15) is 0 Å². The van der Waals surface area contributed by atoms with Crippen LogP contribution >= 0.6 is 7.60 Å². The molecule has 0 aliphatic rings. The van der Waals surface area contributed by atoms with E-state index in [0.717, 1.165) is 11.1 Å². The summed E-state index contributed by atoms with van der Waals surface area (Å²) in [5.74, 6) is 0.251. The first-order valence-electron chi connectivity index (χ1n) is 8.83. The Bertz CT molecular complexity index is 1030. The fourth-order valence-corrected chi connectivity index (χ4v) is 4.51. The monoisotopic (exact) mass is 387 g/mol. The smallest absolute Gasteiger partial charge is 0.347 e. The summed E-state index contributed by atoms with van der Waals surface area (Å²) in [5.41, 5.74) is 2.62. The molecule has 0 N–H and O–H groups in total. The van der Waals surface area contributed by atoms with Gasteiger partial charge in [0.2, 0.25) is 5.89 Å². The first-order valence-corrected chi connectivity index (χ1v) is 10.6. The largest absolute Gasteiger partial charge is 0.403 e. The number of fused-ring (bicyclic) bond motifs is 1. The lowest BCUT2D eigenvalue weighted by Crippen LogP contribution is -2.03. The first-order chi connectivity index (χ1) is 12.9. The molecule has 0 atom stereocenters. The van der Waals surface area contributed by atoms with Gasteiger partial charge in [0.05, 0.1) is 30.3 Å². The topological polar surface area (TPSA) is 78.6 Å². The molecule has 3 rings (SSSR count). The maximum atomic E-state index is 12.6.